The molecule has 0 aromatic carbocycles. The number of hydrogen-bond donors (Lipinski definition) is 1. The predicted molar refractivity (Wildman–Crippen MR) is 104 cm³/mol. The molecule has 0 heterocycles. The monoisotopic (exact) mass is 418 g/mol. The molecule has 0 aromatic rings. The molecule has 0 aliphatic heterocycles. The van der Waals surface area contributed by atoms with Crippen LogP contribution in [0, 0.1) is 0 Å². The fourth-order valence-electron chi connectivity index (χ4n) is 3.66. The average molecular weight is 417 g/mol. The van der Waals surface area contributed by atoms with Crippen LogP contribution in [0.25, 0.3) is 0 Å². The summed E-state index contributed by atoms with van der Waals surface area (Å²) in [5.41, 5.74) is 0. The van der Waals surface area contributed by atoms with Crippen molar-refractivity contribution in [1.29, 1.82) is 0 Å². The third kappa shape index (κ3) is 8.96. The summed E-state index contributed by atoms with van der Waals surface area (Å²) in [6.45, 7) is 9.57. The zero-order valence-corrected chi connectivity index (χ0v) is 18.8. The molecular weight excluding hydrogens is 375 g/mol. The molecule has 0 aromatic heterocycles. The first-order valence-electron chi connectivity index (χ1n) is 10.0. The van der Waals surface area contributed by atoms with Gasteiger partial charge in [-0.1, -0.05) is 0 Å². The van der Waals surface area contributed by atoms with Crippen LogP contribution in [0.2, 0.25) is 13.3 Å². The Morgan fingerprint density at radius 1 is 0.727 bits per heavy atom. The first-order valence-corrected chi connectivity index (χ1v) is 17.5. The molecule has 0 aliphatic carbocycles. The Morgan fingerprint density at radius 2 is 1.18 bits per heavy atom. The Balaban J connectivity index is 5.22. The van der Waals surface area contributed by atoms with Gasteiger partial charge in [-0.15, -0.1) is 0 Å². The van der Waals surface area contributed by atoms with Gasteiger partial charge in [0.2, 0.25) is 0 Å². The molecule has 1 N–H and O–H groups in total. The van der Waals surface area contributed by atoms with Crippen molar-refractivity contribution in [1.82, 2.24) is 0 Å². The van der Waals surface area contributed by atoms with Gasteiger partial charge in [-0.05, 0) is 0 Å². The molecule has 0 spiro atoms. The fraction of sp³-hybridized carbons (Fsp3) is 0.900. The third-order valence-electron chi connectivity index (χ3n) is 5.10. The van der Waals surface area contributed by atoms with Gasteiger partial charge < -0.3 is 0 Å². The van der Waals surface area contributed by atoms with Gasteiger partial charge in [0, 0.05) is 0 Å². The van der Waals surface area contributed by atoms with E-state index in [0.717, 1.165) is 0 Å². The number of aliphatic hydroxyl groups is 1. The van der Waals surface area contributed by atoms with Crippen molar-refractivity contribution in [2.45, 2.75) is 105 Å². The van der Waals surface area contributed by atoms with Crippen molar-refractivity contribution < 1.29 is 5.11 Å². The molecule has 0 rings (SSSR count). The molecule has 0 fully saturated rings. The maximum atomic E-state index is 9.59. The Hall–Kier alpha value is 0.499. The van der Waals surface area contributed by atoms with Crippen LogP contribution in [0.4, 0.5) is 0 Å². The van der Waals surface area contributed by atoms with E-state index in [1.54, 1.807) is 3.59 Å². The molecule has 132 valence electrons. The Bertz CT molecular complexity index is 251. The van der Waals surface area contributed by atoms with Gasteiger partial charge in [-0.2, -0.15) is 0 Å². The van der Waals surface area contributed by atoms with Crippen LogP contribution in [-0.2, 0) is 0 Å². The van der Waals surface area contributed by atoms with Crippen molar-refractivity contribution in [3.63, 3.8) is 0 Å². The summed E-state index contributed by atoms with van der Waals surface area (Å²) in [7, 11) is 0. The topological polar surface area (TPSA) is 20.2 Å². The predicted octanol–water partition coefficient (Wildman–Crippen LogP) is 6.87. The summed E-state index contributed by atoms with van der Waals surface area (Å²) in [6, 6.07) is 0. The van der Waals surface area contributed by atoms with E-state index in [2.05, 4.69) is 33.8 Å². The second-order valence-electron chi connectivity index (χ2n) is 6.96. The molecule has 0 saturated heterocycles. The maximum absolute atomic E-state index is 9.59. The number of aliphatic hydroxyl groups excluding tert-OH is 1. The number of hydrogen-bond acceptors (Lipinski definition) is 1. The van der Waals surface area contributed by atoms with E-state index in [9.17, 15) is 5.11 Å². The van der Waals surface area contributed by atoms with Gasteiger partial charge >= 0.3 is 145 Å². The van der Waals surface area contributed by atoms with Crippen LogP contribution in [0.3, 0.4) is 0 Å². The van der Waals surface area contributed by atoms with E-state index >= 15 is 0 Å². The second kappa shape index (κ2) is 15.1. The standard InChI is InChI=1S/C8H15O.3C4H9.Sn/c1-2-3-4-5-6-7-8-9;3*1-3-4-2;/h7,9H,2-5,8H2,1H3;3*1,3-4H2,2H3;. The van der Waals surface area contributed by atoms with E-state index < -0.39 is 18.4 Å². The van der Waals surface area contributed by atoms with Crippen molar-refractivity contribution in [3.8, 4) is 0 Å². The van der Waals surface area contributed by atoms with E-state index in [0.29, 0.717) is 0 Å². The summed E-state index contributed by atoms with van der Waals surface area (Å²) in [4.78, 5) is 0. The minimum atomic E-state index is -2.24. The van der Waals surface area contributed by atoms with Gasteiger partial charge in [-0.25, -0.2) is 0 Å². The Labute approximate surface area is 144 Å². The summed E-state index contributed by atoms with van der Waals surface area (Å²) in [5, 5.41) is 9.59. The van der Waals surface area contributed by atoms with Crippen LogP contribution in [0.1, 0.15) is 91.9 Å². The summed E-state index contributed by atoms with van der Waals surface area (Å²) in [5.74, 6) is 0. The van der Waals surface area contributed by atoms with E-state index in [1.807, 2.05) is 0 Å². The van der Waals surface area contributed by atoms with Crippen LogP contribution < -0.4 is 0 Å². The molecule has 0 aliphatic rings. The van der Waals surface area contributed by atoms with E-state index in [4.69, 9.17) is 0 Å². The molecule has 1 nitrogen and oxygen atoms in total. The van der Waals surface area contributed by atoms with Crippen molar-refractivity contribution in [2.75, 3.05) is 6.61 Å². The van der Waals surface area contributed by atoms with Gasteiger partial charge in [0.1, 0.15) is 0 Å². The third-order valence-corrected chi connectivity index (χ3v) is 21.5. The molecule has 2 heteroatoms. The van der Waals surface area contributed by atoms with Crippen LogP contribution in [0.5, 0.6) is 0 Å². The molecule has 0 amide bonds. The summed E-state index contributed by atoms with van der Waals surface area (Å²) >= 11 is -2.24. The first-order chi connectivity index (χ1) is 10.7. The van der Waals surface area contributed by atoms with Crippen LogP contribution in [0.15, 0.2) is 9.67 Å². The van der Waals surface area contributed by atoms with Gasteiger partial charge in [0.15, 0.2) is 0 Å². The SMILES string of the molecule is CCCCC/[C](=C\CO)[Sn]([CH2]CCC)([CH2]CCC)[CH2]CCC. The zero-order chi connectivity index (χ0) is 16.7. The van der Waals surface area contributed by atoms with Gasteiger partial charge in [0.05, 0.1) is 0 Å². The Kier molecular flexibility index (Phi) is 15.4. The first kappa shape index (κ1) is 22.5. The molecule has 0 radical (unpaired) electrons. The van der Waals surface area contributed by atoms with Gasteiger partial charge in [-0.3, -0.25) is 0 Å². The van der Waals surface area contributed by atoms with Gasteiger partial charge in [0.25, 0.3) is 0 Å². The molecule has 0 unspecified atom stereocenters. The Morgan fingerprint density at radius 3 is 1.55 bits per heavy atom. The normalized spacial score (nSPS) is 12.9. The van der Waals surface area contributed by atoms with Crippen molar-refractivity contribution in [3.05, 3.63) is 9.67 Å². The van der Waals surface area contributed by atoms with Crippen LogP contribution in [-0.4, -0.2) is 30.1 Å². The molecular formula is C20H42OSn. The van der Waals surface area contributed by atoms with E-state index in [1.165, 1.54) is 77.5 Å². The average Bonchev–Trinajstić information content (AvgIpc) is 2.54. The minimum absolute atomic E-state index is 0.268. The van der Waals surface area contributed by atoms with E-state index in [-0.39, 0.29) is 6.61 Å². The zero-order valence-electron chi connectivity index (χ0n) is 15.9. The van der Waals surface area contributed by atoms with Crippen molar-refractivity contribution >= 4 is 18.4 Å². The van der Waals surface area contributed by atoms with Crippen LogP contribution >= 0.6 is 0 Å². The number of allylic oxidation sites excluding steroid dienone is 1. The molecule has 22 heavy (non-hydrogen) atoms. The fourth-order valence-corrected chi connectivity index (χ4v) is 20.9. The summed E-state index contributed by atoms with van der Waals surface area (Å²) < 4.78 is 6.38. The molecule has 0 bridgehead atoms. The number of rotatable bonds is 15. The van der Waals surface area contributed by atoms with Crippen molar-refractivity contribution in [2.24, 2.45) is 0 Å². The summed E-state index contributed by atoms with van der Waals surface area (Å²) in [6.07, 6.45) is 15.8. The molecule has 0 saturated carbocycles. The number of unbranched alkanes of at least 4 members (excludes halogenated alkanes) is 5. The second-order valence-corrected chi connectivity index (χ2v) is 20.4. The quantitative estimate of drug-likeness (QED) is 0.228. The molecule has 0 atom stereocenters.